The number of methoxy groups -OCH3 is 3. The van der Waals surface area contributed by atoms with Gasteiger partial charge in [-0.3, -0.25) is 24.2 Å². The SMILES string of the molecule is CC[C@]1(O)C[C@H]2CN(CCc3c([nH]c4ccc(C(=O)NC)cc34)[C@@](C(=O)OC)(C3C=C4C(=CC3OC)N(C)[C@H]3[C@@](O)(C(=O)OC)[C@H](OC(C)=O)[C@]5(CC)C=CCN6CC[C@]43[C@@H]65)C2)C1. The van der Waals surface area contributed by atoms with Gasteiger partial charge in [-0.15, -0.1) is 0 Å². The first-order chi connectivity index (χ1) is 30.1. The minimum atomic E-state index is -2.32. The van der Waals surface area contributed by atoms with Crippen molar-refractivity contribution >= 4 is 34.7 Å². The van der Waals surface area contributed by atoms with E-state index in [4.69, 9.17) is 18.9 Å². The molecule has 4 N–H and O–H groups in total. The predicted octanol–water partition coefficient (Wildman–Crippen LogP) is 2.99. The molecule has 15 nitrogen and oxygen atoms in total. The lowest BCUT2D eigenvalue weighted by molar-refractivity contribution is -0.243. The zero-order valence-electron chi connectivity index (χ0n) is 37.8. The summed E-state index contributed by atoms with van der Waals surface area (Å²) in [5, 5.41) is 29.0. The lowest BCUT2D eigenvalue weighted by Gasteiger charge is -2.63. The molecule has 3 unspecified atom stereocenters. The predicted molar refractivity (Wildman–Crippen MR) is 232 cm³/mol. The highest BCUT2D eigenvalue weighted by atomic mass is 16.6. The van der Waals surface area contributed by atoms with Crippen molar-refractivity contribution in [2.45, 2.75) is 100 Å². The second kappa shape index (κ2) is 15.3. The molecule has 9 rings (SSSR count). The van der Waals surface area contributed by atoms with Crippen LogP contribution in [0.3, 0.4) is 0 Å². The molecule has 12 atom stereocenters. The van der Waals surface area contributed by atoms with Crippen LogP contribution < -0.4 is 5.32 Å². The average Bonchev–Trinajstić information content (AvgIpc) is 3.94. The molecule has 7 aliphatic rings. The van der Waals surface area contributed by atoms with Crippen LogP contribution in [0, 0.1) is 22.7 Å². The van der Waals surface area contributed by atoms with Crippen LogP contribution in [0.2, 0.25) is 0 Å². The number of hydrogen-bond acceptors (Lipinski definition) is 13. The van der Waals surface area contributed by atoms with Crippen LogP contribution in [-0.2, 0) is 45.2 Å². The van der Waals surface area contributed by atoms with Crippen LogP contribution in [0.5, 0.6) is 0 Å². The van der Waals surface area contributed by atoms with Gasteiger partial charge in [0.15, 0.2) is 6.10 Å². The highest BCUT2D eigenvalue weighted by molar-refractivity contribution is 6.00. The van der Waals surface area contributed by atoms with E-state index in [2.05, 4.69) is 26.2 Å². The van der Waals surface area contributed by atoms with Gasteiger partial charge >= 0.3 is 17.9 Å². The molecule has 15 heteroatoms. The summed E-state index contributed by atoms with van der Waals surface area (Å²) in [4.78, 5) is 66.5. The lowest BCUT2D eigenvalue weighted by Crippen LogP contribution is -2.79. The number of likely N-dealkylation sites (N-methyl/N-ethyl adjacent to an activating group) is 1. The minimum Gasteiger partial charge on any atom is -0.468 e. The fraction of sp³-hybridized carbons (Fsp3) is 0.625. The number of piperidine rings is 1. The Kier molecular flexibility index (Phi) is 10.6. The number of benzene rings is 1. The van der Waals surface area contributed by atoms with E-state index in [1.807, 2.05) is 56.2 Å². The fourth-order valence-electron chi connectivity index (χ4n) is 14.3. The Balaban J connectivity index is 1.34. The van der Waals surface area contributed by atoms with E-state index in [0.717, 1.165) is 27.7 Å². The fourth-order valence-corrected chi connectivity index (χ4v) is 14.3. The standard InChI is InChI=1S/C48H63N5O10/c1-9-44(58)23-28-24-47(42(56)61-7,37-30(14-18-52(25-28)26-44)31-20-29(38(55)49-4)12-13-34(31)50-37)33-21-32-35(22-36(33)60-6)51(5)40-46(32)16-19-53-17-11-15-45(10-2,39(46)53)41(63-27(3)54)48(40,59)43(57)62-8/h11-13,15,20-22,28,33,36,39-41,50,58-59H,9-10,14,16-19,23-26H2,1-8H3,(H,49,55)/t28-,33?,36?,39+,40-,41-,44+,45-,46-,47+,48+/m1/s1. The molecule has 2 aliphatic carbocycles. The van der Waals surface area contributed by atoms with Crippen LogP contribution in [0.1, 0.15) is 74.5 Å². The van der Waals surface area contributed by atoms with E-state index in [9.17, 15) is 24.6 Å². The molecule has 6 heterocycles. The monoisotopic (exact) mass is 869 g/mol. The Labute approximate surface area is 368 Å². The van der Waals surface area contributed by atoms with Gasteiger partial charge in [0.05, 0.1) is 32.0 Å². The van der Waals surface area contributed by atoms with Crippen molar-refractivity contribution in [3.05, 3.63) is 70.6 Å². The number of ether oxygens (including phenoxy) is 4. The maximum atomic E-state index is 15.5. The van der Waals surface area contributed by atoms with Crippen molar-refractivity contribution in [2.24, 2.45) is 22.7 Å². The maximum Gasteiger partial charge on any atom is 0.344 e. The van der Waals surface area contributed by atoms with Crippen LogP contribution in [-0.4, -0.2) is 157 Å². The molecule has 3 saturated heterocycles. The molecule has 2 aromatic rings. The number of esters is 3. The summed E-state index contributed by atoms with van der Waals surface area (Å²) in [7, 11) is 7.75. The van der Waals surface area contributed by atoms with Crippen molar-refractivity contribution in [3.8, 4) is 0 Å². The number of carbonyl (C=O) groups is 4. The number of aliphatic hydroxyl groups is 2. The Morgan fingerprint density at radius 1 is 0.984 bits per heavy atom. The minimum absolute atomic E-state index is 0.137. The van der Waals surface area contributed by atoms with E-state index in [1.54, 1.807) is 20.2 Å². The molecule has 63 heavy (non-hydrogen) atoms. The number of rotatable bonds is 8. The average molecular weight is 870 g/mol. The lowest BCUT2D eigenvalue weighted by atomic mass is 9.47. The molecule has 1 aromatic carbocycles. The van der Waals surface area contributed by atoms with Gasteiger partial charge in [-0.2, -0.15) is 0 Å². The summed E-state index contributed by atoms with van der Waals surface area (Å²) in [5.41, 5.74) is -2.16. The van der Waals surface area contributed by atoms with Crippen molar-refractivity contribution < 1.29 is 48.3 Å². The Bertz CT molecular complexity index is 2340. The van der Waals surface area contributed by atoms with Crippen molar-refractivity contribution in [3.63, 3.8) is 0 Å². The van der Waals surface area contributed by atoms with Gasteiger partial charge in [-0.05, 0) is 86.4 Å². The highest BCUT2D eigenvalue weighted by Gasteiger charge is 2.81. The molecular formula is C48H63N5O10. The summed E-state index contributed by atoms with van der Waals surface area (Å²) in [6.07, 6.45) is 9.16. The van der Waals surface area contributed by atoms with Crippen LogP contribution >= 0.6 is 0 Å². The van der Waals surface area contributed by atoms with E-state index < -0.39 is 69.5 Å². The van der Waals surface area contributed by atoms with Crippen LogP contribution in [0.4, 0.5) is 0 Å². The zero-order chi connectivity index (χ0) is 45.0. The third-order valence-electron chi connectivity index (χ3n) is 16.6. The summed E-state index contributed by atoms with van der Waals surface area (Å²) < 4.78 is 24.1. The molecule has 5 aliphatic heterocycles. The summed E-state index contributed by atoms with van der Waals surface area (Å²) >= 11 is 0. The number of hydrogen-bond donors (Lipinski definition) is 4. The first-order valence-electron chi connectivity index (χ1n) is 22.6. The van der Waals surface area contributed by atoms with E-state index in [1.165, 1.54) is 21.1 Å². The summed E-state index contributed by atoms with van der Waals surface area (Å²) in [6.45, 7) is 8.37. The largest absolute Gasteiger partial charge is 0.468 e. The van der Waals surface area contributed by atoms with E-state index in [0.29, 0.717) is 82.5 Å². The first kappa shape index (κ1) is 43.7. The zero-order valence-corrected chi connectivity index (χ0v) is 37.8. The third kappa shape index (κ3) is 5.87. The topological polar surface area (TPSA) is 183 Å². The Morgan fingerprint density at radius 3 is 2.41 bits per heavy atom. The number of nitrogens with zero attached hydrogens (tertiary/aromatic N) is 3. The van der Waals surface area contributed by atoms with E-state index >= 15 is 4.79 Å². The smallest absolute Gasteiger partial charge is 0.344 e. The number of amides is 1. The molecule has 1 saturated carbocycles. The summed E-state index contributed by atoms with van der Waals surface area (Å²) in [6, 6.07) is 4.29. The van der Waals surface area contributed by atoms with Crippen molar-refractivity contribution in [2.75, 3.05) is 68.1 Å². The van der Waals surface area contributed by atoms with Crippen molar-refractivity contribution in [1.82, 2.24) is 25.0 Å². The second-order valence-corrected chi connectivity index (χ2v) is 19.4. The quantitative estimate of drug-likeness (QED) is 0.173. The summed E-state index contributed by atoms with van der Waals surface area (Å²) in [5.74, 6) is -3.03. The number of nitrogens with one attached hydrogen (secondary N) is 2. The van der Waals surface area contributed by atoms with Crippen LogP contribution in [0.15, 0.2) is 53.8 Å². The first-order valence-corrected chi connectivity index (χ1v) is 22.6. The van der Waals surface area contributed by atoms with Gasteiger partial charge in [0, 0.05) is 105 Å². The number of carbonyl (C=O) groups excluding carboxylic acids is 4. The molecule has 2 bridgehead atoms. The van der Waals surface area contributed by atoms with Gasteiger partial charge in [-0.1, -0.05) is 32.1 Å². The number of likely N-dealkylation sites (tertiary alicyclic amines) is 1. The molecule has 0 radical (unpaired) electrons. The van der Waals surface area contributed by atoms with Crippen molar-refractivity contribution in [1.29, 1.82) is 0 Å². The van der Waals surface area contributed by atoms with Gasteiger partial charge < -0.3 is 44.4 Å². The van der Waals surface area contributed by atoms with Gasteiger partial charge in [0.1, 0.15) is 5.41 Å². The molecule has 4 fully saturated rings. The van der Waals surface area contributed by atoms with Gasteiger partial charge in [0.25, 0.3) is 5.91 Å². The number of allylic oxidation sites excluding steroid dienone is 1. The second-order valence-electron chi connectivity index (χ2n) is 19.4. The van der Waals surface area contributed by atoms with E-state index in [-0.39, 0.29) is 17.9 Å². The molecule has 1 amide bonds. The maximum absolute atomic E-state index is 15.5. The number of fused-ring (bicyclic) bond motifs is 6. The normalized spacial score (nSPS) is 39.0. The Morgan fingerprint density at radius 2 is 1.75 bits per heavy atom. The molecule has 340 valence electrons. The molecule has 1 spiro atoms. The Hall–Kier alpha value is -4.54. The molecule has 1 aromatic heterocycles. The third-order valence-corrected chi connectivity index (χ3v) is 16.6. The van der Waals surface area contributed by atoms with Gasteiger partial charge in [0.2, 0.25) is 5.60 Å². The van der Waals surface area contributed by atoms with Gasteiger partial charge in [-0.25, -0.2) is 4.79 Å². The molecular weight excluding hydrogens is 807 g/mol. The number of aromatic nitrogens is 1. The number of H-pyrrole nitrogens is 1. The number of aromatic amines is 1. The highest BCUT2D eigenvalue weighted by Crippen LogP contribution is 2.70. The van der Waals surface area contributed by atoms with Crippen LogP contribution in [0.25, 0.3) is 10.9 Å².